The van der Waals surface area contributed by atoms with Crippen LogP contribution in [0, 0.1) is 6.92 Å². The number of sulfonamides is 1. The molecule has 2 rings (SSSR count). The number of carbonyl (C=O) groups is 1. The molecule has 2 N–H and O–H groups in total. The van der Waals surface area contributed by atoms with Gasteiger partial charge in [-0.15, -0.1) is 11.3 Å². The van der Waals surface area contributed by atoms with Crippen molar-refractivity contribution in [1.29, 1.82) is 0 Å². The second-order valence-corrected chi connectivity index (χ2v) is 6.78. The summed E-state index contributed by atoms with van der Waals surface area (Å²) in [5.74, 6) is -0.629. The Balaban J connectivity index is 2.35. The Labute approximate surface area is 126 Å². The number of anilines is 1. The first-order valence-corrected chi connectivity index (χ1v) is 8.19. The summed E-state index contributed by atoms with van der Waals surface area (Å²) in [6, 6.07) is 6.07. The van der Waals surface area contributed by atoms with Crippen molar-refractivity contribution in [2.24, 2.45) is 0 Å². The molecule has 0 radical (unpaired) electrons. The van der Waals surface area contributed by atoms with Crippen LogP contribution in [0.25, 0.3) is 0 Å². The van der Waals surface area contributed by atoms with Crippen molar-refractivity contribution in [3.63, 3.8) is 0 Å². The quantitative estimate of drug-likeness (QED) is 0.880. The summed E-state index contributed by atoms with van der Waals surface area (Å²) in [5.41, 5.74) is 1.11. The summed E-state index contributed by atoms with van der Waals surface area (Å²) in [6.07, 6.45) is 0. The van der Waals surface area contributed by atoms with Crippen molar-refractivity contribution in [3.8, 4) is 5.75 Å². The minimum absolute atomic E-state index is 0.215. The molecule has 0 atom stereocenters. The van der Waals surface area contributed by atoms with Gasteiger partial charge >= 0.3 is 5.97 Å². The normalized spacial score (nSPS) is 11.1. The summed E-state index contributed by atoms with van der Waals surface area (Å²) < 4.78 is 32.0. The van der Waals surface area contributed by atoms with Gasteiger partial charge in [0.2, 0.25) is 0 Å². The highest BCUT2D eigenvalue weighted by Gasteiger charge is 2.24. The molecule has 0 fully saturated rings. The molecule has 0 aliphatic rings. The standard InChI is InChI=1S/C13H13NO5S2/c1-8-7-9(3-4-10(8)19-2)14-21(17,18)11-5-6-20-12(11)13(15)16/h3-7,14H,1-2H3,(H,15,16). The Morgan fingerprint density at radius 2 is 2.05 bits per heavy atom. The summed E-state index contributed by atoms with van der Waals surface area (Å²) in [5, 5.41) is 10.4. The van der Waals surface area contributed by atoms with Gasteiger partial charge in [-0.2, -0.15) is 0 Å². The average molecular weight is 327 g/mol. The molecule has 0 spiro atoms. The van der Waals surface area contributed by atoms with Crippen LogP contribution < -0.4 is 9.46 Å². The number of methoxy groups -OCH3 is 1. The van der Waals surface area contributed by atoms with E-state index in [1.54, 1.807) is 25.1 Å². The number of carboxylic acids is 1. The van der Waals surface area contributed by atoms with Crippen LogP contribution in [-0.4, -0.2) is 26.6 Å². The second-order valence-electron chi connectivity index (χ2n) is 4.21. The SMILES string of the molecule is COc1ccc(NS(=O)(=O)c2ccsc2C(=O)O)cc1C. The van der Waals surface area contributed by atoms with Crippen LogP contribution in [0.2, 0.25) is 0 Å². The van der Waals surface area contributed by atoms with Crippen molar-refractivity contribution >= 4 is 33.0 Å². The highest BCUT2D eigenvalue weighted by Crippen LogP contribution is 2.26. The Morgan fingerprint density at radius 1 is 1.33 bits per heavy atom. The van der Waals surface area contributed by atoms with E-state index in [0.717, 1.165) is 16.9 Å². The number of carboxylic acid groups (broad SMARTS) is 1. The molecule has 2 aromatic rings. The second kappa shape index (κ2) is 5.74. The number of benzene rings is 1. The Hall–Kier alpha value is -2.06. The molecule has 1 aromatic heterocycles. The molecule has 0 saturated carbocycles. The fourth-order valence-electron chi connectivity index (χ4n) is 1.82. The average Bonchev–Trinajstić information content (AvgIpc) is 2.88. The lowest BCUT2D eigenvalue weighted by atomic mass is 10.2. The molecule has 0 unspecified atom stereocenters. The van der Waals surface area contributed by atoms with Gasteiger partial charge in [0.25, 0.3) is 10.0 Å². The van der Waals surface area contributed by atoms with Gasteiger partial charge in [-0.3, -0.25) is 4.72 Å². The van der Waals surface area contributed by atoms with E-state index in [2.05, 4.69) is 4.72 Å². The molecular weight excluding hydrogens is 314 g/mol. The van der Waals surface area contributed by atoms with Gasteiger partial charge in [0.05, 0.1) is 7.11 Å². The Kier molecular flexibility index (Phi) is 4.19. The maximum absolute atomic E-state index is 12.3. The minimum atomic E-state index is -3.94. The number of rotatable bonds is 5. The van der Waals surface area contributed by atoms with E-state index in [1.807, 2.05) is 0 Å². The predicted molar refractivity (Wildman–Crippen MR) is 79.8 cm³/mol. The molecule has 0 amide bonds. The van der Waals surface area contributed by atoms with E-state index in [9.17, 15) is 13.2 Å². The number of thiophene rings is 1. The third kappa shape index (κ3) is 3.17. The monoisotopic (exact) mass is 327 g/mol. The zero-order valence-electron chi connectivity index (χ0n) is 11.3. The van der Waals surface area contributed by atoms with Gasteiger partial charge in [-0.05, 0) is 42.1 Å². The van der Waals surface area contributed by atoms with Crippen LogP contribution in [0.15, 0.2) is 34.5 Å². The number of hydrogen-bond acceptors (Lipinski definition) is 5. The fourth-order valence-corrected chi connectivity index (χ4v) is 4.13. The van der Waals surface area contributed by atoms with Crippen LogP contribution >= 0.6 is 11.3 Å². The van der Waals surface area contributed by atoms with Gasteiger partial charge < -0.3 is 9.84 Å². The van der Waals surface area contributed by atoms with E-state index in [0.29, 0.717) is 11.4 Å². The largest absolute Gasteiger partial charge is 0.496 e. The smallest absolute Gasteiger partial charge is 0.347 e. The lowest BCUT2D eigenvalue weighted by molar-refractivity contribution is 0.0698. The van der Waals surface area contributed by atoms with Crippen LogP contribution in [0.5, 0.6) is 5.75 Å². The molecule has 21 heavy (non-hydrogen) atoms. The van der Waals surface area contributed by atoms with Crippen molar-refractivity contribution in [3.05, 3.63) is 40.1 Å². The van der Waals surface area contributed by atoms with Crippen LogP contribution in [0.1, 0.15) is 15.2 Å². The van der Waals surface area contributed by atoms with Gasteiger partial charge in [-0.1, -0.05) is 0 Å². The molecule has 0 aliphatic carbocycles. The maximum atomic E-state index is 12.3. The predicted octanol–water partition coefficient (Wildman–Crippen LogP) is 2.56. The maximum Gasteiger partial charge on any atom is 0.347 e. The summed E-state index contributed by atoms with van der Waals surface area (Å²) >= 11 is 0.866. The van der Waals surface area contributed by atoms with E-state index in [-0.39, 0.29) is 9.77 Å². The minimum Gasteiger partial charge on any atom is -0.496 e. The highest BCUT2D eigenvalue weighted by atomic mass is 32.2. The van der Waals surface area contributed by atoms with Crippen molar-refractivity contribution in [1.82, 2.24) is 0 Å². The lowest BCUT2D eigenvalue weighted by Gasteiger charge is -2.10. The first-order chi connectivity index (χ1) is 9.85. The number of ether oxygens (including phenoxy) is 1. The van der Waals surface area contributed by atoms with Gasteiger partial charge in [-0.25, -0.2) is 13.2 Å². The topological polar surface area (TPSA) is 92.7 Å². The number of aromatic carboxylic acids is 1. The highest BCUT2D eigenvalue weighted by molar-refractivity contribution is 7.93. The lowest BCUT2D eigenvalue weighted by Crippen LogP contribution is -2.15. The van der Waals surface area contributed by atoms with Crippen LogP contribution in [0.3, 0.4) is 0 Å². The molecule has 1 heterocycles. The van der Waals surface area contributed by atoms with Crippen molar-refractivity contribution in [2.45, 2.75) is 11.8 Å². The Morgan fingerprint density at radius 3 is 2.62 bits per heavy atom. The number of hydrogen-bond donors (Lipinski definition) is 2. The summed E-state index contributed by atoms with van der Waals surface area (Å²) in [4.78, 5) is 10.6. The van der Waals surface area contributed by atoms with Gasteiger partial charge in [0.1, 0.15) is 15.5 Å². The number of aryl methyl sites for hydroxylation is 1. The first kappa shape index (κ1) is 15.3. The molecular formula is C13H13NO5S2. The van der Waals surface area contributed by atoms with Crippen LogP contribution in [-0.2, 0) is 10.0 Å². The zero-order chi connectivity index (χ0) is 15.6. The third-order valence-electron chi connectivity index (χ3n) is 2.76. The first-order valence-electron chi connectivity index (χ1n) is 5.83. The molecule has 0 aliphatic heterocycles. The molecule has 0 saturated heterocycles. The molecule has 8 heteroatoms. The fraction of sp³-hybridized carbons (Fsp3) is 0.154. The van der Waals surface area contributed by atoms with E-state index >= 15 is 0 Å². The van der Waals surface area contributed by atoms with E-state index < -0.39 is 16.0 Å². The summed E-state index contributed by atoms with van der Waals surface area (Å²) in [7, 11) is -2.42. The van der Waals surface area contributed by atoms with Gasteiger partial charge in [0, 0.05) is 5.69 Å². The van der Waals surface area contributed by atoms with Crippen molar-refractivity contribution < 1.29 is 23.1 Å². The summed E-state index contributed by atoms with van der Waals surface area (Å²) in [6.45, 7) is 1.78. The number of nitrogens with one attached hydrogen (secondary N) is 1. The molecule has 0 bridgehead atoms. The van der Waals surface area contributed by atoms with E-state index in [1.165, 1.54) is 18.6 Å². The van der Waals surface area contributed by atoms with E-state index in [4.69, 9.17) is 9.84 Å². The van der Waals surface area contributed by atoms with Gasteiger partial charge in [0.15, 0.2) is 0 Å². The molecule has 1 aromatic carbocycles. The van der Waals surface area contributed by atoms with Crippen molar-refractivity contribution in [2.75, 3.05) is 11.8 Å². The third-order valence-corrected chi connectivity index (χ3v) is 5.22. The Bertz CT molecular complexity index is 780. The van der Waals surface area contributed by atoms with Crippen LogP contribution in [0.4, 0.5) is 5.69 Å². The zero-order valence-corrected chi connectivity index (χ0v) is 12.9. The molecule has 112 valence electrons. The molecule has 6 nitrogen and oxygen atoms in total.